The van der Waals surface area contributed by atoms with E-state index in [0.717, 1.165) is 36.3 Å². The van der Waals surface area contributed by atoms with Crippen LogP contribution in [0.5, 0.6) is 5.75 Å². The highest BCUT2D eigenvalue weighted by atomic mass is 32.2. The molecule has 1 saturated carbocycles. The number of benzene rings is 3. The molecule has 8 nitrogen and oxygen atoms in total. The molecule has 1 N–H and O–H groups in total. The molecule has 1 aliphatic carbocycles. The fourth-order valence-electron chi connectivity index (χ4n) is 7.06. The summed E-state index contributed by atoms with van der Waals surface area (Å²) in [6.45, 7) is 0.475. The van der Waals surface area contributed by atoms with Crippen molar-refractivity contribution in [2.75, 3.05) is 22.4 Å². The maximum absolute atomic E-state index is 14.2. The van der Waals surface area contributed by atoms with Crippen LogP contribution in [-0.2, 0) is 25.3 Å². The Labute approximate surface area is 244 Å². The molecule has 1 saturated heterocycles. The van der Waals surface area contributed by atoms with Crippen molar-refractivity contribution >= 4 is 31.5 Å². The summed E-state index contributed by atoms with van der Waals surface area (Å²) < 4.78 is 74.5. The zero-order chi connectivity index (χ0) is 29.3. The lowest BCUT2D eigenvalue weighted by atomic mass is 9.70. The monoisotopic (exact) mass is 610 g/mol. The number of sulfonamides is 1. The summed E-state index contributed by atoms with van der Waals surface area (Å²) in [4.78, 5) is 13.6. The number of amides is 1. The number of para-hydroxylation sites is 1. The van der Waals surface area contributed by atoms with E-state index in [1.54, 1.807) is 18.2 Å². The van der Waals surface area contributed by atoms with Crippen LogP contribution in [0.2, 0.25) is 0 Å². The van der Waals surface area contributed by atoms with Crippen molar-refractivity contribution < 1.29 is 30.8 Å². The molecule has 4 aliphatic rings. The van der Waals surface area contributed by atoms with Crippen molar-refractivity contribution in [1.82, 2.24) is 5.32 Å². The molecule has 7 rings (SSSR count). The number of carbonyl (C=O) groups excluding carboxylic acids is 1. The predicted octanol–water partition coefficient (Wildman–Crippen LogP) is 4.51. The second kappa shape index (κ2) is 9.80. The quantitative estimate of drug-likeness (QED) is 0.455. The smallest absolute Gasteiger partial charge is 0.264 e. The van der Waals surface area contributed by atoms with Gasteiger partial charge in [0.15, 0.2) is 0 Å². The van der Waals surface area contributed by atoms with Gasteiger partial charge in [0, 0.05) is 23.0 Å². The fourth-order valence-corrected chi connectivity index (χ4v) is 10.4. The number of anilines is 1. The van der Waals surface area contributed by atoms with Gasteiger partial charge in [-0.2, -0.15) is 0 Å². The Hall–Kier alpha value is -3.44. The molecular weight excluding hydrogens is 579 g/mol. The number of nitrogens with zero attached hydrogens (tertiary/aromatic N) is 1. The van der Waals surface area contributed by atoms with E-state index in [1.807, 2.05) is 24.3 Å². The Balaban J connectivity index is 1.31. The van der Waals surface area contributed by atoms with E-state index >= 15 is 0 Å². The number of hydrogen-bond acceptors (Lipinski definition) is 6. The largest absolute Gasteiger partial charge is 0.493 e. The third kappa shape index (κ3) is 4.48. The van der Waals surface area contributed by atoms with E-state index in [9.17, 15) is 26.0 Å². The van der Waals surface area contributed by atoms with Crippen molar-refractivity contribution in [2.45, 2.75) is 54.5 Å². The zero-order valence-corrected chi connectivity index (χ0v) is 24.5. The molecular formula is C31H31FN2O6S2. The molecule has 0 aromatic heterocycles. The second-order valence-electron chi connectivity index (χ2n) is 11.8. The van der Waals surface area contributed by atoms with Crippen LogP contribution in [0, 0.1) is 11.7 Å². The van der Waals surface area contributed by atoms with Gasteiger partial charge in [-0.25, -0.2) is 21.2 Å². The Kier molecular flexibility index (Phi) is 6.40. The summed E-state index contributed by atoms with van der Waals surface area (Å²) in [5, 5.41) is 3.12. The number of rotatable bonds is 5. The number of halogens is 1. The number of sulfone groups is 1. The first-order valence-electron chi connectivity index (χ1n) is 14.3. The summed E-state index contributed by atoms with van der Waals surface area (Å²) in [6.07, 6.45) is 2.83. The van der Waals surface area contributed by atoms with Crippen LogP contribution in [0.4, 0.5) is 10.1 Å². The number of ether oxygens (including phenoxy) is 1. The van der Waals surface area contributed by atoms with Gasteiger partial charge in [-0.05, 0) is 85.7 Å². The molecule has 1 spiro atoms. The van der Waals surface area contributed by atoms with Gasteiger partial charge in [0.1, 0.15) is 21.4 Å². The molecule has 220 valence electrons. The average Bonchev–Trinajstić information content (AvgIpc) is 3.78. The molecule has 3 aromatic rings. The fraction of sp³-hybridized carbons (Fsp3) is 0.387. The van der Waals surface area contributed by atoms with Gasteiger partial charge in [-0.3, -0.25) is 9.10 Å². The molecule has 1 amide bonds. The summed E-state index contributed by atoms with van der Waals surface area (Å²) in [5.41, 5.74) is 1.69. The third-order valence-corrected chi connectivity index (χ3v) is 12.7. The third-order valence-electron chi connectivity index (χ3n) is 9.27. The van der Waals surface area contributed by atoms with E-state index in [2.05, 4.69) is 5.32 Å². The van der Waals surface area contributed by atoms with E-state index in [-0.39, 0.29) is 47.1 Å². The Morgan fingerprint density at radius 2 is 1.69 bits per heavy atom. The average molecular weight is 611 g/mol. The highest BCUT2D eigenvalue weighted by Gasteiger charge is 2.60. The van der Waals surface area contributed by atoms with E-state index in [0.29, 0.717) is 29.8 Å². The van der Waals surface area contributed by atoms with Gasteiger partial charge in [0.05, 0.1) is 40.8 Å². The first kappa shape index (κ1) is 27.4. The van der Waals surface area contributed by atoms with Gasteiger partial charge < -0.3 is 10.1 Å². The number of hydrogen-bond donors (Lipinski definition) is 1. The molecule has 3 heterocycles. The van der Waals surface area contributed by atoms with Gasteiger partial charge in [0.25, 0.3) is 15.9 Å². The number of carbonyl (C=O) groups is 1. The molecule has 3 aliphatic heterocycles. The minimum atomic E-state index is -4.11. The van der Waals surface area contributed by atoms with Crippen LogP contribution in [0.15, 0.2) is 71.6 Å². The predicted molar refractivity (Wildman–Crippen MR) is 155 cm³/mol. The number of fused-ring (bicyclic) bond motifs is 3. The van der Waals surface area contributed by atoms with Gasteiger partial charge >= 0.3 is 0 Å². The highest BCUT2D eigenvalue weighted by Crippen LogP contribution is 2.59. The molecule has 42 heavy (non-hydrogen) atoms. The molecule has 2 atom stereocenters. The summed E-state index contributed by atoms with van der Waals surface area (Å²) in [5.74, 6) is -0.124. The lowest BCUT2D eigenvalue weighted by molar-refractivity contribution is 0.0924. The van der Waals surface area contributed by atoms with E-state index in [1.165, 1.54) is 16.4 Å². The highest BCUT2D eigenvalue weighted by molar-refractivity contribution is 7.93. The SMILES string of the molecule is O=C(NC1CCOc2ccccc21)c1ccc2c(c1)C1(CCS(=O)(=O)CC1)C(C1CC1)N2S(=O)(=O)c1ccc(F)cc1. The summed E-state index contributed by atoms with van der Waals surface area (Å²) in [6, 6.07) is 16.7. The van der Waals surface area contributed by atoms with Crippen LogP contribution < -0.4 is 14.4 Å². The summed E-state index contributed by atoms with van der Waals surface area (Å²) >= 11 is 0. The van der Waals surface area contributed by atoms with Crippen LogP contribution in [0.25, 0.3) is 0 Å². The molecule has 3 aromatic carbocycles. The molecule has 0 bridgehead atoms. The zero-order valence-electron chi connectivity index (χ0n) is 22.8. The molecule has 2 unspecified atom stereocenters. The lowest BCUT2D eigenvalue weighted by Gasteiger charge is -2.41. The Morgan fingerprint density at radius 1 is 0.976 bits per heavy atom. The van der Waals surface area contributed by atoms with Gasteiger partial charge in [-0.1, -0.05) is 18.2 Å². The first-order valence-corrected chi connectivity index (χ1v) is 17.5. The maximum atomic E-state index is 14.2. The second-order valence-corrected chi connectivity index (χ2v) is 15.9. The topological polar surface area (TPSA) is 110 Å². The lowest BCUT2D eigenvalue weighted by Crippen LogP contribution is -2.52. The Bertz CT molecular complexity index is 1770. The van der Waals surface area contributed by atoms with Crippen molar-refractivity contribution in [2.24, 2.45) is 5.92 Å². The normalized spacial score (nSPS) is 24.0. The summed E-state index contributed by atoms with van der Waals surface area (Å²) in [7, 11) is -7.38. The van der Waals surface area contributed by atoms with Crippen LogP contribution in [0.3, 0.4) is 0 Å². The maximum Gasteiger partial charge on any atom is 0.264 e. The number of nitrogens with one attached hydrogen (secondary N) is 1. The van der Waals surface area contributed by atoms with Crippen LogP contribution in [-0.4, -0.2) is 46.9 Å². The minimum absolute atomic E-state index is 0.0269. The van der Waals surface area contributed by atoms with E-state index in [4.69, 9.17) is 4.74 Å². The first-order chi connectivity index (χ1) is 20.1. The van der Waals surface area contributed by atoms with Crippen LogP contribution >= 0.6 is 0 Å². The molecule has 0 radical (unpaired) electrons. The van der Waals surface area contributed by atoms with E-state index < -0.39 is 37.1 Å². The van der Waals surface area contributed by atoms with Crippen molar-refractivity contribution in [3.8, 4) is 5.75 Å². The molecule has 2 fully saturated rings. The van der Waals surface area contributed by atoms with Crippen molar-refractivity contribution in [1.29, 1.82) is 0 Å². The Morgan fingerprint density at radius 3 is 2.40 bits per heavy atom. The van der Waals surface area contributed by atoms with Gasteiger partial charge in [0.2, 0.25) is 0 Å². The van der Waals surface area contributed by atoms with Crippen LogP contribution in [0.1, 0.15) is 59.6 Å². The van der Waals surface area contributed by atoms with Crippen molar-refractivity contribution in [3.05, 3.63) is 89.2 Å². The van der Waals surface area contributed by atoms with Gasteiger partial charge in [-0.15, -0.1) is 0 Å². The minimum Gasteiger partial charge on any atom is -0.493 e. The molecule has 11 heteroatoms. The standard InChI is InChI=1S/C31H31FN2O6S2/c32-22-8-10-23(11-9-22)42(38,39)34-27-12-7-21(30(35)33-26-13-16-40-28-4-2-1-3-24(26)28)19-25(27)31(29(34)20-5-6-20)14-17-41(36,37)18-15-31/h1-4,7-12,19-20,26,29H,5-6,13-18H2,(H,33,35). The van der Waals surface area contributed by atoms with Crippen molar-refractivity contribution in [3.63, 3.8) is 0 Å².